The zero-order valence-corrected chi connectivity index (χ0v) is 16.3. The predicted octanol–water partition coefficient (Wildman–Crippen LogP) is 4.47. The summed E-state index contributed by atoms with van der Waals surface area (Å²) in [6.07, 6.45) is 0.409. The van der Waals surface area contributed by atoms with Crippen LogP contribution < -0.4 is 10.2 Å². The van der Waals surface area contributed by atoms with Gasteiger partial charge in [-0.1, -0.05) is 29.8 Å². The summed E-state index contributed by atoms with van der Waals surface area (Å²) in [6, 6.07) is 12.0. The number of para-hydroxylation sites is 1. The number of anilines is 2. The number of hydrogen-bond donors (Lipinski definition) is 1. The van der Waals surface area contributed by atoms with E-state index >= 15 is 0 Å². The molecule has 1 aliphatic heterocycles. The van der Waals surface area contributed by atoms with Gasteiger partial charge in [0.05, 0.1) is 5.69 Å². The van der Waals surface area contributed by atoms with Crippen molar-refractivity contribution >= 4 is 35.0 Å². The molecule has 1 heterocycles. The van der Waals surface area contributed by atoms with Gasteiger partial charge in [-0.05, 0) is 44.0 Å². The van der Waals surface area contributed by atoms with E-state index in [0.717, 1.165) is 33.2 Å². The van der Waals surface area contributed by atoms with Crippen molar-refractivity contribution in [2.45, 2.75) is 38.5 Å². The molecule has 136 valence electrons. The van der Waals surface area contributed by atoms with Gasteiger partial charge in [0.25, 0.3) is 0 Å². The molecule has 0 unspecified atom stereocenters. The molecule has 0 atom stereocenters. The Morgan fingerprint density at radius 2 is 1.77 bits per heavy atom. The van der Waals surface area contributed by atoms with Crippen LogP contribution in [0.5, 0.6) is 0 Å². The summed E-state index contributed by atoms with van der Waals surface area (Å²) < 4.78 is 0. The summed E-state index contributed by atoms with van der Waals surface area (Å²) in [5, 5.41) is 2.97. The Bertz CT molecular complexity index is 825. The number of rotatable bonds is 4. The van der Waals surface area contributed by atoms with Gasteiger partial charge in [-0.15, -0.1) is 11.8 Å². The largest absolute Gasteiger partial charge is 0.326 e. The Hall–Kier alpha value is -2.27. The Kier molecular flexibility index (Phi) is 5.67. The molecule has 0 saturated heterocycles. The molecule has 0 aliphatic carbocycles. The highest BCUT2D eigenvalue weighted by Crippen LogP contribution is 2.34. The van der Waals surface area contributed by atoms with Gasteiger partial charge in [0.1, 0.15) is 0 Å². The first-order valence-electron chi connectivity index (χ1n) is 8.85. The van der Waals surface area contributed by atoms with E-state index in [1.54, 1.807) is 11.8 Å². The lowest BCUT2D eigenvalue weighted by atomic mass is 10.0. The van der Waals surface area contributed by atoms with Crippen LogP contribution in [0.3, 0.4) is 0 Å². The number of carbonyl (C=O) groups excluding carboxylic acids is 2. The van der Waals surface area contributed by atoms with Crippen LogP contribution >= 0.6 is 11.8 Å². The van der Waals surface area contributed by atoms with E-state index in [9.17, 15) is 9.59 Å². The highest BCUT2D eigenvalue weighted by atomic mass is 32.2. The molecule has 0 spiro atoms. The first kappa shape index (κ1) is 18.5. The highest BCUT2D eigenvalue weighted by molar-refractivity contribution is 7.99. The van der Waals surface area contributed by atoms with Crippen LogP contribution in [0.25, 0.3) is 0 Å². The van der Waals surface area contributed by atoms with Gasteiger partial charge >= 0.3 is 0 Å². The summed E-state index contributed by atoms with van der Waals surface area (Å²) >= 11 is 1.77. The zero-order chi connectivity index (χ0) is 18.7. The van der Waals surface area contributed by atoms with Crippen LogP contribution in [0.2, 0.25) is 0 Å². The van der Waals surface area contributed by atoms with Gasteiger partial charge in [0.15, 0.2) is 0 Å². The molecule has 0 fully saturated rings. The minimum Gasteiger partial charge on any atom is -0.326 e. The molecule has 2 aromatic carbocycles. The number of nitrogens with one attached hydrogen (secondary N) is 1. The normalized spacial score (nSPS) is 13.3. The SMILES string of the molecule is Cc1cc(C)c(NC(=O)CCC(=O)N2CCSc3ccccc32)c(C)c1. The minimum absolute atomic E-state index is 0.00486. The first-order chi connectivity index (χ1) is 12.5. The van der Waals surface area contributed by atoms with Crippen LogP contribution in [-0.4, -0.2) is 24.1 Å². The van der Waals surface area contributed by atoms with E-state index < -0.39 is 0 Å². The molecule has 2 amide bonds. The Balaban J connectivity index is 1.61. The van der Waals surface area contributed by atoms with Crippen molar-refractivity contribution in [3.05, 3.63) is 53.1 Å². The lowest BCUT2D eigenvalue weighted by Gasteiger charge is -2.29. The Morgan fingerprint density at radius 1 is 1.08 bits per heavy atom. The van der Waals surface area contributed by atoms with E-state index in [1.807, 2.05) is 49.9 Å². The fourth-order valence-electron chi connectivity index (χ4n) is 3.36. The summed E-state index contributed by atoms with van der Waals surface area (Å²) in [5.74, 6) is 0.773. The topological polar surface area (TPSA) is 49.4 Å². The third-order valence-corrected chi connectivity index (χ3v) is 5.58. The number of thioether (sulfide) groups is 1. The fraction of sp³-hybridized carbons (Fsp3) is 0.333. The van der Waals surface area contributed by atoms with Gasteiger partial charge in [-0.25, -0.2) is 0 Å². The molecule has 5 heteroatoms. The maximum absolute atomic E-state index is 12.6. The molecule has 3 rings (SSSR count). The van der Waals surface area contributed by atoms with Crippen LogP contribution in [0, 0.1) is 20.8 Å². The van der Waals surface area contributed by atoms with Crippen molar-refractivity contribution < 1.29 is 9.59 Å². The summed E-state index contributed by atoms with van der Waals surface area (Å²) in [6.45, 7) is 6.71. The van der Waals surface area contributed by atoms with Crippen molar-refractivity contribution in [3.63, 3.8) is 0 Å². The Morgan fingerprint density at radius 3 is 2.50 bits per heavy atom. The van der Waals surface area contributed by atoms with Crippen LogP contribution in [0.1, 0.15) is 29.5 Å². The van der Waals surface area contributed by atoms with E-state index in [4.69, 9.17) is 0 Å². The fourth-order valence-corrected chi connectivity index (χ4v) is 4.36. The quantitative estimate of drug-likeness (QED) is 0.866. The molecule has 0 saturated carbocycles. The van der Waals surface area contributed by atoms with Crippen LogP contribution in [0.4, 0.5) is 11.4 Å². The lowest BCUT2D eigenvalue weighted by Crippen LogP contribution is -2.35. The van der Waals surface area contributed by atoms with Crippen molar-refractivity contribution in [3.8, 4) is 0 Å². The number of amides is 2. The molecule has 1 aliphatic rings. The molecule has 0 radical (unpaired) electrons. The molecule has 0 bridgehead atoms. The second-order valence-electron chi connectivity index (χ2n) is 6.68. The van der Waals surface area contributed by atoms with Gasteiger partial charge in [0, 0.05) is 35.7 Å². The van der Waals surface area contributed by atoms with Gasteiger partial charge in [-0.3, -0.25) is 9.59 Å². The molecular formula is C21H24N2O2S. The lowest BCUT2D eigenvalue weighted by molar-refractivity contribution is -0.122. The van der Waals surface area contributed by atoms with Crippen molar-refractivity contribution in [1.82, 2.24) is 0 Å². The highest BCUT2D eigenvalue weighted by Gasteiger charge is 2.23. The summed E-state index contributed by atoms with van der Waals surface area (Å²) in [5.41, 5.74) is 5.08. The van der Waals surface area contributed by atoms with Gasteiger partial charge in [-0.2, -0.15) is 0 Å². The number of carbonyl (C=O) groups is 2. The predicted molar refractivity (Wildman–Crippen MR) is 108 cm³/mol. The van der Waals surface area contributed by atoms with Gasteiger partial charge in [0.2, 0.25) is 11.8 Å². The number of fused-ring (bicyclic) bond motifs is 1. The van der Waals surface area contributed by atoms with E-state index in [2.05, 4.69) is 17.4 Å². The second-order valence-corrected chi connectivity index (χ2v) is 7.82. The van der Waals surface area contributed by atoms with Crippen LogP contribution in [0.15, 0.2) is 41.3 Å². The third-order valence-electron chi connectivity index (χ3n) is 4.54. The molecule has 2 aromatic rings. The van der Waals surface area contributed by atoms with E-state index in [-0.39, 0.29) is 24.7 Å². The van der Waals surface area contributed by atoms with Gasteiger partial charge < -0.3 is 10.2 Å². The molecule has 0 aromatic heterocycles. The van der Waals surface area contributed by atoms with Crippen molar-refractivity contribution in [2.24, 2.45) is 0 Å². The summed E-state index contributed by atoms with van der Waals surface area (Å²) in [4.78, 5) is 27.9. The van der Waals surface area contributed by atoms with Crippen LogP contribution in [-0.2, 0) is 9.59 Å². The standard InChI is InChI=1S/C21H24N2O2S/c1-14-12-15(2)21(16(3)13-14)22-19(24)8-9-20(25)23-10-11-26-18-7-5-4-6-17(18)23/h4-7,12-13H,8-11H2,1-3H3,(H,22,24). The molecule has 1 N–H and O–H groups in total. The smallest absolute Gasteiger partial charge is 0.227 e. The zero-order valence-electron chi connectivity index (χ0n) is 15.5. The van der Waals surface area contributed by atoms with Crippen molar-refractivity contribution in [2.75, 3.05) is 22.5 Å². The monoisotopic (exact) mass is 368 g/mol. The molecular weight excluding hydrogens is 344 g/mol. The minimum atomic E-state index is -0.118. The average molecular weight is 369 g/mol. The summed E-state index contributed by atoms with van der Waals surface area (Å²) in [7, 11) is 0. The Labute approximate surface area is 159 Å². The first-order valence-corrected chi connectivity index (χ1v) is 9.84. The number of hydrogen-bond acceptors (Lipinski definition) is 3. The third kappa shape index (κ3) is 4.10. The maximum atomic E-state index is 12.6. The van der Waals surface area contributed by atoms with E-state index in [1.165, 1.54) is 5.56 Å². The molecule has 26 heavy (non-hydrogen) atoms. The number of aryl methyl sites for hydroxylation is 3. The number of benzene rings is 2. The maximum Gasteiger partial charge on any atom is 0.227 e. The van der Waals surface area contributed by atoms with E-state index in [0.29, 0.717) is 6.54 Å². The number of nitrogens with zero attached hydrogens (tertiary/aromatic N) is 1. The average Bonchev–Trinajstić information content (AvgIpc) is 2.62. The second kappa shape index (κ2) is 7.96. The molecule has 4 nitrogen and oxygen atoms in total. The van der Waals surface area contributed by atoms with Crippen molar-refractivity contribution in [1.29, 1.82) is 0 Å².